The molecule has 0 radical (unpaired) electrons. The van der Waals surface area contributed by atoms with Gasteiger partial charge in [0.1, 0.15) is 5.82 Å². The molecule has 1 atom stereocenters. The maximum Gasteiger partial charge on any atom is 0.234 e. The lowest BCUT2D eigenvalue weighted by Gasteiger charge is -2.34. The van der Waals surface area contributed by atoms with E-state index in [1.807, 2.05) is 4.90 Å². The Hall–Kier alpha value is -1.46. The monoisotopic (exact) mass is 265 g/mol. The molecule has 0 spiro atoms. The number of hydrogen-bond acceptors (Lipinski definition) is 3. The summed E-state index contributed by atoms with van der Waals surface area (Å²) in [4.78, 5) is 13.5. The second-order valence-electron chi connectivity index (χ2n) is 5.00. The van der Waals surface area contributed by atoms with E-state index in [2.05, 4.69) is 0 Å². The molecule has 0 bridgehead atoms. The number of carbonyl (C=O) groups excluding carboxylic acids is 1. The SMILES string of the molecule is NCc1ccc(F)cc1CN1CCCCC1C(N)=O. The predicted octanol–water partition coefficient (Wildman–Crippen LogP) is 1.12. The Balaban J connectivity index is 2.18. The van der Waals surface area contributed by atoms with E-state index in [4.69, 9.17) is 11.5 Å². The van der Waals surface area contributed by atoms with Crippen molar-refractivity contribution in [2.24, 2.45) is 11.5 Å². The van der Waals surface area contributed by atoms with Crippen LogP contribution in [-0.4, -0.2) is 23.4 Å². The molecular weight excluding hydrogens is 245 g/mol. The molecule has 1 aromatic rings. The number of halogens is 1. The average molecular weight is 265 g/mol. The van der Waals surface area contributed by atoms with Crippen LogP contribution in [0, 0.1) is 5.82 Å². The second-order valence-corrected chi connectivity index (χ2v) is 5.00. The minimum absolute atomic E-state index is 0.248. The van der Waals surface area contributed by atoms with Gasteiger partial charge in [0, 0.05) is 13.1 Å². The predicted molar refractivity (Wildman–Crippen MR) is 71.5 cm³/mol. The topological polar surface area (TPSA) is 72.3 Å². The van der Waals surface area contributed by atoms with Crippen molar-refractivity contribution in [2.75, 3.05) is 6.54 Å². The van der Waals surface area contributed by atoms with Crippen molar-refractivity contribution in [1.29, 1.82) is 0 Å². The molecular formula is C14H20FN3O. The van der Waals surface area contributed by atoms with E-state index in [9.17, 15) is 9.18 Å². The van der Waals surface area contributed by atoms with Crippen LogP contribution in [-0.2, 0) is 17.9 Å². The van der Waals surface area contributed by atoms with Gasteiger partial charge in [0.05, 0.1) is 6.04 Å². The summed E-state index contributed by atoms with van der Waals surface area (Å²) in [6.07, 6.45) is 2.83. The van der Waals surface area contributed by atoms with Crippen LogP contribution in [0.2, 0.25) is 0 Å². The molecule has 1 heterocycles. The maximum absolute atomic E-state index is 13.3. The van der Waals surface area contributed by atoms with E-state index in [0.29, 0.717) is 13.1 Å². The third kappa shape index (κ3) is 3.30. The van der Waals surface area contributed by atoms with Crippen LogP contribution in [0.25, 0.3) is 0 Å². The highest BCUT2D eigenvalue weighted by atomic mass is 19.1. The van der Waals surface area contributed by atoms with Crippen LogP contribution in [0.1, 0.15) is 30.4 Å². The number of amides is 1. The Morgan fingerprint density at radius 2 is 2.16 bits per heavy atom. The number of hydrogen-bond donors (Lipinski definition) is 2. The minimum atomic E-state index is -0.301. The molecule has 5 heteroatoms. The molecule has 0 aliphatic carbocycles. The first-order valence-corrected chi connectivity index (χ1v) is 6.62. The van der Waals surface area contributed by atoms with Crippen LogP contribution in [0.4, 0.5) is 4.39 Å². The summed E-state index contributed by atoms with van der Waals surface area (Å²) in [5.41, 5.74) is 12.9. The fourth-order valence-corrected chi connectivity index (χ4v) is 2.66. The average Bonchev–Trinajstić information content (AvgIpc) is 2.39. The van der Waals surface area contributed by atoms with E-state index in [1.165, 1.54) is 12.1 Å². The molecule has 4 N–H and O–H groups in total. The molecule has 104 valence electrons. The third-order valence-corrected chi connectivity index (χ3v) is 3.70. The number of benzene rings is 1. The molecule has 1 fully saturated rings. The summed E-state index contributed by atoms with van der Waals surface area (Å²) in [6, 6.07) is 4.36. The van der Waals surface area contributed by atoms with Crippen LogP contribution in [0.3, 0.4) is 0 Å². The Kier molecular flexibility index (Phi) is 4.50. The number of nitrogens with two attached hydrogens (primary N) is 2. The summed E-state index contributed by atoms with van der Waals surface area (Å²) in [5, 5.41) is 0. The summed E-state index contributed by atoms with van der Waals surface area (Å²) in [6.45, 7) is 1.71. The first-order valence-electron chi connectivity index (χ1n) is 6.62. The van der Waals surface area contributed by atoms with E-state index >= 15 is 0 Å². The maximum atomic E-state index is 13.3. The smallest absolute Gasteiger partial charge is 0.234 e. The first-order chi connectivity index (χ1) is 9.11. The summed E-state index contributed by atoms with van der Waals surface area (Å²) >= 11 is 0. The molecule has 1 aromatic carbocycles. The number of likely N-dealkylation sites (tertiary alicyclic amines) is 1. The van der Waals surface area contributed by atoms with E-state index in [-0.39, 0.29) is 17.8 Å². The number of piperidine rings is 1. The van der Waals surface area contributed by atoms with E-state index in [1.54, 1.807) is 6.07 Å². The molecule has 19 heavy (non-hydrogen) atoms. The highest BCUT2D eigenvalue weighted by Crippen LogP contribution is 2.21. The molecule has 1 aliphatic heterocycles. The number of primary amides is 1. The van der Waals surface area contributed by atoms with Gasteiger partial charge in [-0.3, -0.25) is 9.69 Å². The van der Waals surface area contributed by atoms with Gasteiger partial charge in [-0.25, -0.2) is 4.39 Å². The second kappa shape index (κ2) is 6.12. The molecule has 0 aromatic heterocycles. The van der Waals surface area contributed by atoms with Gasteiger partial charge in [0.15, 0.2) is 0 Å². The van der Waals surface area contributed by atoms with Crippen LogP contribution < -0.4 is 11.5 Å². The molecule has 2 rings (SSSR count). The normalized spacial score (nSPS) is 20.4. The zero-order valence-electron chi connectivity index (χ0n) is 10.9. The van der Waals surface area contributed by atoms with E-state index in [0.717, 1.165) is 36.9 Å². The molecule has 0 saturated carbocycles. The highest BCUT2D eigenvalue weighted by Gasteiger charge is 2.27. The lowest BCUT2D eigenvalue weighted by atomic mass is 9.99. The molecule has 1 aliphatic rings. The Morgan fingerprint density at radius 3 is 2.84 bits per heavy atom. The number of carbonyl (C=O) groups is 1. The minimum Gasteiger partial charge on any atom is -0.368 e. The van der Waals surface area contributed by atoms with E-state index < -0.39 is 0 Å². The fraction of sp³-hybridized carbons (Fsp3) is 0.500. The van der Waals surface area contributed by atoms with Crippen molar-refractivity contribution in [3.63, 3.8) is 0 Å². The Bertz CT molecular complexity index is 464. The van der Waals surface area contributed by atoms with Crippen molar-refractivity contribution in [1.82, 2.24) is 4.90 Å². The summed E-state index contributed by atoms with van der Waals surface area (Å²) in [5.74, 6) is -0.578. The Labute approximate surface area is 112 Å². The lowest BCUT2D eigenvalue weighted by Crippen LogP contribution is -2.47. The summed E-state index contributed by atoms with van der Waals surface area (Å²) < 4.78 is 13.3. The Morgan fingerprint density at radius 1 is 1.37 bits per heavy atom. The zero-order valence-corrected chi connectivity index (χ0v) is 10.9. The van der Waals surface area contributed by atoms with Gasteiger partial charge in [-0.15, -0.1) is 0 Å². The lowest BCUT2D eigenvalue weighted by molar-refractivity contribution is -0.124. The van der Waals surface area contributed by atoms with Crippen molar-refractivity contribution in [3.05, 3.63) is 35.1 Å². The van der Waals surface area contributed by atoms with Crippen LogP contribution in [0.15, 0.2) is 18.2 Å². The van der Waals surface area contributed by atoms with Gasteiger partial charge in [-0.05, 0) is 42.6 Å². The standard InChI is InChI=1S/C14H20FN3O/c15-12-5-4-10(8-16)11(7-12)9-18-6-2-1-3-13(18)14(17)19/h4-5,7,13H,1-3,6,8-9,16H2,(H2,17,19). The van der Waals surface area contributed by atoms with Crippen molar-refractivity contribution in [3.8, 4) is 0 Å². The highest BCUT2D eigenvalue weighted by molar-refractivity contribution is 5.79. The van der Waals surface area contributed by atoms with Crippen molar-refractivity contribution in [2.45, 2.75) is 38.4 Å². The van der Waals surface area contributed by atoms with Crippen molar-refractivity contribution < 1.29 is 9.18 Å². The fourth-order valence-electron chi connectivity index (χ4n) is 2.66. The summed E-state index contributed by atoms with van der Waals surface area (Å²) in [7, 11) is 0. The number of rotatable bonds is 4. The van der Waals surface area contributed by atoms with Gasteiger partial charge in [-0.1, -0.05) is 12.5 Å². The largest absolute Gasteiger partial charge is 0.368 e. The van der Waals surface area contributed by atoms with Crippen LogP contribution >= 0.6 is 0 Å². The van der Waals surface area contributed by atoms with Gasteiger partial charge in [0.25, 0.3) is 0 Å². The zero-order chi connectivity index (χ0) is 13.8. The molecule has 1 amide bonds. The van der Waals surface area contributed by atoms with Crippen LogP contribution in [0.5, 0.6) is 0 Å². The van der Waals surface area contributed by atoms with Gasteiger partial charge in [-0.2, -0.15) is 0 Å². The number of nitrogens with zero attached hydrogens (tertiary/aromatic N) is 1. The van der Waals surface area contributed by atoms with Gasteiger partial charge >= 0.3 is 0 Å². The molecule has 1 unspecified atom stereocenters. The molecule has 1 saturated heterocycles. The third-order valence-electron chi connectivity index (χ3n) is 3.70. The van der Waals surface area contributed by atoms with Crippen molar-refractivity contribution >= 4 is 5.91 Å². The first kappa shape index (κ1) is 14.0. The van der Waals surface area contributed by atoms with Gasteiger partial charge < -0.3 is 11.5 Å². The molecule has 4 nitrogen and oxygen atoms in total. The quantitative estimate of drug-likeness (QED) is 0.857. The van der Waals surface area contributed by atoms with Gasteiger partial charge in [0.2, 0.25) is 5.91 Å².